The quantitative estimate of drug-likeness (QED) is 0.479. The fourth-order valence-electron chi connectivity index (χ4n) is 3.00. The van der Waals surface area contributed by atoms with Crippen molar-refractivity contribution in [1.82, 2.24) is 4.90 Å². The minimum atomic E-state index is -0.483. The van der Waals surface area contributed by atoms with E-state index in [0.717, 1.165) is 4.90 Å². The number of hydrogen-bond donors (Lipinski definition) is 1. The Hall–Kier alpha value is -3.55. The molecule has 138 valence electrons. The highest BCUT2D eigenvalue weighted by Gasteiger charge is 2.34. The van der Waals surface area contributed by atoms with Crippen molar-refractivity contribution in [3.63, 3.8) is 0 Å². The summed E-state index contributed by atoms with van der Waals surface area (Å²) in [5, 5.41) is 13.5. The first-order valence-corrected chi connectivity index (χ1v) is 8.38. The number of aryl methyl sites for hydroxylation is 1. The first kappa shape index (κ1) is 18.2. The molecule has 0 fully saturated rings. The summed E-state index contributed by atoms with van der Waals surface area (Å²) in [7, 11) is 0. The van der Waals surface area contributed by atoms with Gasteiger partial charge in [-0.25, -0.2) is 0 Å². The summed E-state index contributed by atoms with van der Waals surface area (Å²) in [4.78, 5) is 48.0. The van der Waals surface area contributed by atoms with Gasteiger partial charge in [0, 0.05) is 30.3 Å². The second kappa shape index (κ2) is 7.36. The van der Waals surface area contributed by atoms with Gasteiger partial charge in [-0.1, -0.05) is 12.1 Å². The van der Waals surface area contributed by atoms with Gasteiger partial charge in [-0.05, 0) is 37.6 Å². The molecule has 2 aromatic rings. The van der Waals surface area contributed by atoms with Crippen molar-refractivity contribution in [3.05, 3.63) is 69.3 Å². The van der Waals surface area contributed by atoms with Crippen molar-refractivity contribution >= 4 is 29.1 Å². The van der Waals surface area contributed by atoms with E-state index in [1.165, 1.54) is 18.2 Å². The van der Waals surface area contributed by atoms with Gasteiger partial charge in [0.15, 0.2) is 0 Å². The molecule has 3 amide bonds. The zero-order valence-corrected chi connectivity index (χ0v) is 14.6. The molecule has 0 unspecified atom stereocenters. The molecule has 0 saturated heterocycles. The van der Waals surface area contributed by atoms with E-state index in [9.17, 15) is 24.5 Å². The summed E-state index contributed by atoms with van der Waals surface area (Å²) in [6.45, 7) is 1.75. The summed E-state index contributed by atoms with van der Waals surface area (Å²) >= 11 is 0. The summed E-state index contributed by atoms with van der Waals surface area (Å²) in [6.07, 6.45) is 0.437. The molecule has 3 rings (SSSR count). The van der Waals surface area contributed by atoms with Crippen LogP contribution in [0.15, 0.2) is 42.5 Å². The van der Waals surface area contributed by atoms with E-state index in [1.807, 2.05) is 0 Å². The zero-order chi connectivity index (χ0) is 19.6. The van der Waals surface area contributed by atoms with Gasteiger partial charge in [-0.2, -0.15) is 0 Å². The molecule has 1 aliphatic heterocycles. The Morgan fingerprint density at radius 2 is 1.74 bits per heavy atom. The Kier molecular flexibility index (Phi) is 4.98. The minimum absolute atomic E-state index is 0.0152. The Morgan fingerprint density at radius 3 is 2.30 bits per heavy atom. The van der Waals surface area contributed by atoms with Gasteiger partial charge in [0.05, 0.1) is 16.1 Å². The van der Waals surface area contributed by atoms with Gasteiger partial charge >= 0.3 is 0 Å². The second-order valence-corrected chi connectivity index (χ2v) is 6.22. The van der Waals surface area contributed by atoms with Gasteiger partial charge in [-0.3, -0.25) is 29.4 Å². The summed E-state index contributed by atoms with van der Waals surface area (Å²) in [5.74, 6) is -0.983. The van der Waals surface area contributed by atoms with Crippen molar-refractivity contribution in [2.75, 3.05) is 11.9 Å². The predicted molar refractivity (Wildman–Crippen MR) is 97.5 cm³/mol. The summed E-state index contributed by atoms with van der Waals surface area (Å²) < 4.78 is 0. The first-order chi connectivity index (χ1) is 12.9. The molecule has 0 spiro atoms. The Bertz CT molecular complexity index is 919. The number of nitrogens with zero attached hydrogens (tertiary/aromatic N) is 2. The van der Waals surface area contributed by atoms with Crippen molar-refractivity contribution in [2.24, 2.45) is 0 Å². The average molecular weight is 367 g/mol. The van der Waals surface area contributed by atoms with E-state index >= 15 is 0 Å². The highest BCUT2D eigenvalue weighted by atomic mass is 16.6. The van der Waals surface area contributed by atoms with Gasteiger partial charge in [0.2, 0.25) is 5.91 Å². The van der Waals surface area contributed by atoms with Crippen LogP contribution in [0.5, 0.6) is 0 Å². The maximum atomic E-state index is 12.2. The number of hydrogen-bond acceptors (Lipinski definition) is 5. The Labute approximate surface area is 154 Å². The Morgan fingerprint density at radius 1 is 1.11 bits per heavy atom. The third-order valence-corrected chi connectivity index (χ3v) is 4.34. The van der Waals surface area contributed by atoms with Crippen LogP contribution in [0.1, 0.15) is 39.1 Å². The predicted octanol–water partition coefficient (Wildman–Crippen LogP) is 2.92. The average Bonchev–Trinajstić information content (AvgIpc) is 2.87. The van der Waals surface area contributed by atoms with Crippen LogP contribution < -0.4 is 5.32 Å². The largest absolute Gasteiger partial charge is 0.326 e. The molecule has 1 heterocycles. The monoisotopic (exact) mass is 367 g/mol. The van der Waals surface area contributed by atoms with Crippen LogP contribution in [0.4, 0.5) is 11.4 Å². The van der Waals surface area contributed by atoms with E-state index < -0.39 is 4.92 Å². The minimum Gasteiger partial charge on any atom is -0.326 e. The molecule has 0 aromatic heterocycles. The fraction of sp³-hybridized carbons (Fsp3) is 0.211. The van der Waals surface area contributed by atoms with Crippen molar-refractivity contribution in [1.29, 1.82) is 0 Å². The number of benzene rings is 2. The number of carbonyl (C=O) groups is 3. The van der Waals surface area contributed by atoms with Crippen molar-refractivity contribution in [3.8, 4) is 0 Å². The van der Waals surface area contributed by atoms with Crippen molar-refractivity contribution < 1.29 is 19.3 Å². The highest BCUT2D eigenvalue weighted by Crippen LogP contribution is 2.23. The van der Waals surface area contributed by atoms with Gasteiger partial charge in [0.25, 0.3) is 17.5 Å². The standard InChI is InChI=1S/C19H17N3O5/c1-12-11-13(8-9-16(12)22(26)27)20-17(23)7-4-10-21-18(24)14-5-2-3-6-15(14)19(21)25/h2-3,5-6,8-9,11H,4,7,10H2,1H3,(H,20,23). The molecule has 8 heteroatoms. The maximum Gasteiger partial charge on any atom is 0.272 e. The van der Waals surface area contributed by atoms with E-state index in [0.29, 0.717) is 28.8 Å². The van der Waals surface area contributed by atoms with Gasteiger partial charge < -0.3 is 5.32 Å². The molecule has 1 aliphatic rings. The number of fused-ring (bicyclic) bond motifs is 1. The van der Waals surface area contributed by atoms with Crippen LogP contribution in [0.3, 0.4) is 0 Å². The van der Waals surface area contributed by atoms with Crippen LogP contribution in [-0.4, -0.2) is 34.1 Å². The summed E-state index contributed by atoms with van der Waals surface area (Å²) in [5.41, 5.74) is 1.66. The topological polar surface area (TPSA) is 110 Å². The molecule has 2 aromatic carbocycles. The number of anilines is 1. The van der Waals surface area contributed by atoms with E-state index in [4.69, 9.17) is 0 Å². The smallest absolute Gasteiger partial charge is 0.272 e. The highest BCUT2D eigenvalue weighted by molar-refractivity contribution is 6.21. The molecular weight excluding hydrogens is 350 g/mol. The van der Waals surface area contributed by atoms with Crippen LogP contribution in [0, 0.1) is 17.0 Å². The van der Waals surface area contributed by atoms with E-state index in [-0.39, 0.29) is 36.4 Å². The zero-order valence-electron chi connectivity index (χ0n) is 14.6. The van der Waals surface area contributed by atoms with E-state index in [2.05, 4.69) is 5.32 Å². The second-order valence-electron chi connectivity index (χ2n) is 6.22. The third-order valence-electron chi connectivity index (χ3n) is 4.34. The summed E-state index contributed by atoms with van der Waals surface area (Å²) in [6, 6.07) is 11.0. The number of nitro groups is 1. The third kappa shape index (κ3) is 3.69. The molecule has 0 atom stereocenters. The van der Waals surface area contributed by atoms with E-state index in [1.54, 1.807) is 31.2 Å². The molecule has 0 radical (unpaired) electrons. The van der Waals surface area contributed by atoms with Gasteiger partial charge in [-0.15, -0.1) is 0 Å². The Balaban J connectivity index is 1.53. The van der Waals surface area contributed by atoms with Crippen molar-refractivity contribution in [2.45, 2.75) is 19.8 Å². The molecular formula is C19H17N3O5. The number of carbonyl (C=O) groups excluding carboxylic acids is 3. The lowest BCUT2D eigenvalue weighted by Crippen LogP contribution is -2.31. The molecule has 0 bridgehead atoms. The van der Waals surface area contributed by atoms with Crippen LogP contribution in [-0.2, 0) is 4.79 Å². The lowest BCUT2D eigenvalue weighted by atomic mass is 10.1. The number of nitro benzene ring substituents is 1. The maximum absolute atomic E-state index is 12.2. The lowest BCUT2D eigenvalue weighted by molar-refractivity contribution is -0.385. The lowest BCUT2D eigenvalue weighted by Gasteiger charge is -2.13. The molecule has 0 aliphatic carbocycles. The SMILES string of the molecule is Cc1cc(NC(=O)CCCN2C(=O)c3ccccc3C2=O)ccc1[N+](=O)[O-]. The van der Waals surface area contributed by atoms with Crippen LogP contribution in [0.2, 0.25) is 0 Å². The number of imide groups is 1. The van der Waals surface area contributed by atoms with Crippen LogP contribution >= 0.6 is 0 Å². The first-order valence-electron chi connectivity index (χ1n) is 8.38. The molecule has 0 saturated carbocycles. The number of rotatable bonds is 6. The molecule has 8 nitrogen and oxygen atoms in total. The normalized spacial score (nSPS) is 12.9. The number of nitrogens with one attached hydrogen (secondary N) is 1. The van der Waals surface area contributed by atoms with Gasteiger partial charge in [0.1, 0.15) is 0 Å². The molecule has 27 heavy (non-hydrogen) atoms. The number of amides is 3. The molecule has 1 N–H and O–H groups in total. The fourth-order valence-corrected chi connectivity index (χ4v) is 3.00. The van der Waals surface area contributed by atoms with Crippen LogP contribution in [0.25, 0.3) is 0 Å².